The van der Waals surface area contributed by atoms with Crippen LogP contribution in [0.15, 0.2) is 54.6 Å². The minimum Gasteiger partial charge on any atom is -0.478 e. The number of carboxylic acids is 4. The minimum atomic E-state index is -1.27. The lowest BCUT2D eigenvalue weighted by Crippen LogP contribution is -2.11. The number of rotatable bonds is 7. The molecule has 3 aromatic rings. The molecule has 0 amide bonds. The summed E-state index contributed by atoms with van der Waals surface area (Å²) in [5.41, 5.74) is 1.67. The molecule has 0 atom stereocenters. The first-order valence-corrected chi connectivity index (χ1v) is 9.53. The Bertz CT molecular complexity index is 1250. The maximum Gasteiger partial charge on any atom is 0.335 e. The molecule has 4 N–H and O–H groups in total. The van der Waals surface area contributed by atoms with Crippen molar-refractivity contribution in [3.63, 3.8) is 0 Å². The summed E-state index contributed by atoms with van der Waals surface area (Å²) in [5.74, 6) is -5.07. The molecule has 0 radical (unpaired) electrons. The molecule has 0 aliphatic carbocycles. The number of hydrogen-bond acceptors (Lipinski definition) is 5. The van der Waals surface area contributed by atoms with Crippen molar-refractivity contribution in [2.75, 3.05) is 19.0 Å². The van der Waals surface area contributed by atoms with Crippen molar-refractivity contribution in [3.8, 4) is 22.3 Å². The molecule has 0 fully saturated rings. The highest BCUT2D eigenvalue weighted by molar-refractivity contribution is 5.98. The standard InChI is InChI=1S/C24H19NO8/c1-25(2)20-11-12(13-5-15(21(26)27)9-16(6-13)22(28)29)3-4-19(20)14-7-17(23(30)31)10-18(8-14)24(32)33/h3-11H,1-2H3,(H,26,27)(H,28,29)(H,30,31)(H,32,33). The van der Waals surface area contributed by atoms with E-state index in [0.29, 0.717) is 27.9 Å². The van der Waals surface area contributed by atoms with Crippen molar-refractivity contribution in [1.82, 2.24) is 0 Å². The Kier molecular flexibility index (Phi) is 6.16. The molecule has 0 unspecified atom stereocenters. The van der Waals surface area contributed by atoms with Gasteiger partial charge in [-0.1, -0.05) is 12.1 Å². The fraction of sp³-hybridized carbons (Fsp3) is 0.0833. The van der Waals surface area contributed by atoms with E-state index in [1.54, 1.807) is 37.2 Å². The molecule has 3 rings (SSSR count). The van der Waals surface area contributed by atoms with Crippen LogP contribution >= 0.6 is 0 Å². The van der Waals surface area contributed by atoms with E-state index >= 15 is 0 Å². The van der Waals surface area contributed by atoms with Crippen LogP contribution in [0.1, 0.15) is 41.4 Å². The number of benzene rings is 3. The first-order chi connectivity index (χ1) is 15.5. The summed E-state index contributed by atoms with van der Waals surface area (Å²) in [6.07, 6.45) is 0. The molecule has 168 valence electrons. The van der Waals surface area contributed by atoms with E-state index in [-0.39, 0.29) is 22.3 Å². The van der Waals surface area contributed by atoms with Gasteiger partial charge in [-0.25, -0.2) is 19.2 Å². The molecule has 33 heavy (non-hydrogen) atoms. The molecule has 0 saturated carbocycles. The Morgan fingerprint density at radius 2 is 0.939 bits per heavy atom. The second-order valence-electron chi connectivity index (χ2n) is 7.45. The van der Waals surface area contributed by atoms with Gasteiger partial charge in [0.2, 0.25) is 0 Å². The highest BCUT2D eigenvalue weighted by atomic mass is 16.4. The third kappa shape index (κ3) is 4.82. The Morgan fingerprint density at radius 1 is 0.545 bits per heavy atom. The van der Waals surface area contributed by atoms with Gasteiger partial charge in [0.15, 0.2) is 0 Å². The lowest BCUT2D eigenvalue weighted by molar-refractivity contribution is 0.0676. The van der Waals surface area contributed by atoms with Crippen molar-refractivity contribution in [2.45, 2.75) is 0 Å². The SMILES string of the molecule is CN(C)c1cc(-c2cc(C(=O)O)cc(C(=O)O)c2)ccc1-c1cc(C(=O)O)cc(C(=O)O)c1. The molecule has 9 nitrogen and oxygen atoms in total. The third-order valence-corrected chi connectivity index (χ3v) is 4.98. The second-order valence-corrected chi connectivity index (χ2v) is 7.45. The van der Waals surface area contributed by atoms with E-state index in [0.717, 1.165) is 12.1 Å². The van der Waals surface area contributed by atoms with Gasteiger partial charge in [0.25, 0.3) is 0 Å². The smallest absolute Gasteiger partial charge is 0.335 e. The predicted octanol–water partition coefficient (Wildman–Crippen LogP) is 3.88. The molecule has 0 bridgehead atoms. The van der Waals surface area contributed by atoms with E-state index in [9.17, 15) is 39.6 Å². The maximum absolute atomic E-state index is 11.5. The molecule has 0 spiro atoms. The highest BCUT2D eigenvalue weighted by Crippen LogP contribution is 2.36. The molecule has 3 aromatic carbocycles. The molecule has 0 aliphatic rings. The Morgan fingerprint density at radius 3 is 1.30 bits per heavy atom. The van der Waals surface area contributed by atoms with Gasteiger partial charge in [-0.15, -0.1) is 0 Å². The van der Waals surface area contributed by atoms with Gasteiger partial charge < -0.3 is 25.3 Å². The zero-order valence-electron chi connectivity index (χ0n) is 17.6. The van der Waals surface area contributed by atoms with Gasteiger partial charge in [-0.3, -0.25) is 0 Å². The number of hydrogen-bond donors (Lipinski definition) is 4. The summed E-state index contributed by atoms with van der Waals surface area (Å²) < 4.78 is 0. The summed E-state index contributed by atoms with van der Waals surface area (Å²) in [6, 6.07) is 12.6. The van der Waals surface area contributed by atoms with Crippen LogP contribution in [0.3, 0.4) is 0 Å². The van der Waals surface area contributed by atoms with Crippen LogP contribution in [0.4, 0.5) is 5.69 Å². The summed E-state index contributed by atoms with van der Waals surface area (Å²) in [6.45, 7) is 0. The second kappa shape index (κ2) is 8.83. The minimum absolute atomic E-state index is 0.180. The van der Waals surface area contributed by atoms with Crippen LogP contribution in [-0.2, 0) is 0 Å². The van der Waals surface area contributed by atoms with Crippen LogP contribution < -0.4 is 4.90 Å². The summed E-state index contributed by atoms with van der Waals surface area (Å²) >= 11 is 0. The van der Waals surface area contributed by atoms with E-state index in [1.165, 1.54) is 24.3 Å². The molecule has 9 heteroatoms. The fourth-order valence-electron chi connectivity index (χ4n) is 3.40. The lowest BCUT2D eigenvalue weighted by Gasteiger charge is -2.20. The van der Waals surface area contributed by atoms with Gasteiger partial charge in [0.05, 0.1) is 22.3 Å². The average Bonchev–Trinajstić information content (AvgIpc) is 2.77. The molecular formula is C24H19NO8. The van der Waals surface area contributed by atoms with Crippen molar-refractivity contribution in [2.24, 2.45) is 0 Å². The molecule has 0 saturated heterocycles. The van der Waals surface area contributed by atoms with Crippen LogP contribution in [0, 0.1) is 0 Å². The average molecular weight is 449 g/mol. The van der Waals surface area contributed by atoms with Crippen LogP contribution in [-0.4, -0.2) is 58.4 Å². The first-order valence-electron chi connectivity index (χ1n) is 9.53. The number of aromatic carboxylic acids is 4. The number of carboxylic acid groups (broad SMARTS) is 4. The largest absolute Gasteiger partial charge is 0.478 e. The topological polar surface area (TPSA) is 152 Å². The maximum atomic E-state index is 11.5. The Balaban J connectivity index is 2.23. The van der Waals surface area contributed by atoms with Crippen molar-refractivity contribution >= 4 is 29.6 Å². The summed E-state index contributed by atoms with van der Waals surface area (Å²) in [7, 11) is 3.47. The van der Waals surface area contributed by atoms with Gasteiger partial charge in [0, 0.05) is 25.3 Å². The number of anilines is 1. The third-order valence-electron chi connectivity index (χ3n) is 4.98. The van der Waals surface area contributed by atoms with E-state index in [2.05, 4.69) is 0 Å². The van der Waals surface area contributed by atoms with Gasteiger partial charge >= 0.3 is 23.9 Å². The highest BCUT2D eigenvalue weighted by Gasteiger charge is 2.17. The fourth-order valence-corrected chi connectivity index (χ4v) is 3.40. The van der Waals surface area contributed by atoms with Gasteiger partial charge in [-0.05, 0) is 59.2 Å². The van der Waals surface area contributed by atoms with E-state index in [4.69, 9.17) is 0 Å². The van der Waals surface area contributed by atoms with Crippen molar-refractivity contribution in [3.05, 3.63) is 76.9 Å². The van der Waals surface area contributed by atoms with Crippen molar-refractivity contribution < 1.29 is 39.6 Å². The van der Waals surface area contributed by atoms with Gasteiger partial charge in [0.1, 0.15) is 0 Å². The predicted molar refractivity (Wildman–Crippen MR) is 119 cm³/mol. The van der Waals surface area contributed by atoms with Crippen LogP contribution in [0.2, 0.25) is 0 Å². The number of carbonyl (C=O) groups is 4. The zero-order valence-corrected chi connectivity index (χ0v) is 17.6. The lowest BCUT2D eigenvalue weighted by atomic mass is 9.94. The van der Waals surface area contributed by atoms with Gasteiger partial charge in [-0.2, -0.15) is 0 Å². The van der Waals surface area contributed by atoms with E-state index in [1.807, 2.05) is 0 Å². The zero-order chi connectivity index (χ0) is 24.4. The number of nitrogens with zero attached hydrogens (tertiary/aromatic N) is 1. The normalized spacial score (nSPS) is 10.5. The molecule has 0 aliphatic heterocycles. The van der Waals surface area contributed by atoms with Crippen LogP contribution in [0.25, 0.3) is 22.3 Å². The quantitative estimate of drug-likeness (QED) is 0.421. The molecular weight excluding hydrogens is 430 g/mol. The Labute approximate surface area is 187 Å². The van der Waals surface area contributed by atoms with E-state index < -0.39 is 23.9 Å². The molecule has 0 aromatic heterocycles. The first kappa shape index (κ1) is 23.0. The summed E-state index contributed by atoms with van der Waals surface area (Å²) in [4.78, 5) is 47.6. The summed E-state index contributed by atoms with van der Waals surface area (Å²) in [5, 5.41) is 37.4. The monoisotopic (exact) mass is 449 g/mol. The van der Waals surface area contributed by atoms with Crippen molar-refractivity contribution in [1.29, 1.82) is 0 Å². The molecule has 0 heterocycles. The Hall–Kier alpha value is -4.66. The van der Waals surface area contributed by atoms with Crippen LogP contribution in [0.5, 0.6) is 0 Å².